The highest BCUT2D eigenvalue weighted by Gasteiger charge is 2.40. The van der Waals surface area contributed by atoms with Gasteiger partial charge in [0.25, 0.3) is 0 Å². The summed E-state index contributed by atoms with van der Waals surface area (Å²) in [6.45, 7) is 4.51. The first-order valence-electron chi connectivity index (χ1n) is 6.84. The summed E-state index contributed by atoms with van der Waals surface area (Å²) in [4.78, 5) is 22.3. The zero-order chi connectivity index (χ0) is 17.4. The van der Waals surface area contributed by atoms with Crippen LogP contribution >= 0.6 is 0 Å². The van der Waals surface area contributed by atoms with Gasteiger partial charge >= 0.3 is 11.9 Å². The Hall–Kier alpha value is -2.10. The van der Waals surface area contributed by atoms with E-state index in [1.54, 1.807) is 0 Å². The van der Waals surface area contributed by atoms with Crippen LogP contribution in [0.1, 0.15) is 6.92 Å². The minimum Gasteiger partial charge on any atom is -0.499 e. The summed E-state index contributed by atoms with van der Waals surface area (Å²) in [5, 5.41) is 27.9. The Bertz CT molecular complexity index is 483. The molecule has 9 heteroatoms. The molecule has 9 nitrogen and oxygen atoms in total. The first kappa shape index (κ1) is 18.9. The Morgan fingerprint density at radius 1 is 1.35 bits per heavy atom. The lowest BCUT2D eigenvalue weighted by atomic mass is 10.2. The van der Waals surface area contributed by atoms with Gasteiger partial charge in [-0.2, -0.15) is 0 Å². The topological polar surface area (TPSA) is 132 Å². The lowest BCUT2D eigenvalue weighted by Crippen LogP contribution is -2.32. The summed E-state index contributed by atoms with van der Waals surface area (Å²) >= 11 is 0. The van der Waals surface area contributed by atoms with Crippen LogP contribution in [0.2, 0.25) is 0 Å². The van der Waals surface area contributed by atoms with E-state index >= 15 is 0 Å². The maximum atomic E-state index is 11.2. The summed E-state index contributed by atoms with van der Waals surface area (Å²) in [6, 6.07) is 0. The van der Waals surface area contributed by atoms with Crippen LogP contribution in [0.5, 0.6) is 0 Å². The van der Waals surface area contributed by atoms with Gasteiger partial charge in [0.15, 0.2) is 11.9 Å². The molecule has 0 saturated carbocycles. The molecule has 1 rings (SSSR count). The van der Waals surface area contributed by atoms with E-state index < -0.39 is 36.5 Å². The van der Waals surface area contributed by atoms with Crippen LogP contribution in [0.25, 0.3) is 0 Å². The van der Waals surface area contributed by atoms with Gasteiger partial charge in [0.2, 0.25) is 5.76 Å². The molecule has 0 fully saturated rings. The van der Waals surface area contributed by atoms with Crippen molar-refractivity contribution in [3.63, 3.8) is 0 Å². The molecule has 0 aromatic rings. The summed E-state index contributed by atoms with van der Waals surface area (Å²) in [7, 11) is 0. The van der Waals surface area contributed by atoms with Crippen LogP contribution in [-0.2, 0) is 28.5 Å². The van der Waals surface area contributed by atoms with Crippen molar-refractivity contribution in [3.8, 4) is 0 Å². The largest absolute Gasteiger partial charge is 0.499 e. The normalized spacial score (nSPS) is 18.6. The molecule has 0 unspecified atom stereocenters. The fourth-order valence-electron chi connectivity index (χ4n) is 1.59. The van der Waals surface area contributed by atoms with Crippen molar-refractivity contribution in [1.29, 1.82) is 0 Å². The van der Waals surface area contributed by atoms with Crippen LogP contribution in [0.3, 0.4) is 0 Å². The van der Waals surface area contributed by atoms with Gasteiger partial charge in [-0.1, -0.05) is 6.58 Å². The van der Waals surface area contributed by atoms with Gasteiger partial charge in [0.1, 0.15) is 19.3 Å². The molecule has 2 atom stereocenters. The average molecular weight is 332 g/mol. The zero-order valence-electron chi connectivity index (χ0n) is 12.7. The highest BCUT2D eigenvalue weighted by molar-refractivity contribution is 5.89. The highest BCUT2D eigenvalue weighted by atomic mass is 16.6. The highest BCUT2D eigenvalue weighted by Crippen LogP contribution is 2.24. The van der Waals surface area contributed by atoms with Crippen LogP contribution in [0.15, 0.2) is 23.7 Å². The Kier molecular flexibility index (Phi) is 7.52. The Morgan fingerprint density at radius 3 is 2.61 bits per heavy atom. The van der Waals surface area contributed by atoms with Gasteiger partial charge in [-0.3, -0.25) is 0 Å². The van der Waals surface area contributed by atoms with E-state index in [1.165, 1.54) is 6.92 Å². The summed E-state index contributed by atoms with van der Waals surface area (Å²) in [6.07, 6.45) is -2.66. The first-order chi connectivity index (χ1) is 10.9. The fraction of sp³-hybridized carbons (Fsp3) is 0.571. The SMILES string of the molecule is C=C(C)C(=O)OCCOCCOC1=C(O)C(=O)O[C@@H]1[C@@H](O)CO. The molecular weight excluding hydrogens is 312 g/mol. The zero-order valence-corrected chi connectivity index (χ0v) is 12.7. The molecular formula is C14H20O9. The summed E-state index contributed by atoms with van der Waals surface area (Å²) < 4.78 is 19.8. The lowest BCUT2D eigenvalue weighted by molar-refractivity contribution is -0.148. The predicted octanol–water partition coefficient (Wildman–Crippen LogP) is -0.813. The van der Waals surface area contributed by atoms with Crippen molar-refractivity contribution in [2.45, 2.75) is 19.1 Å². The van der Waals surface area contributed by atoms with Crippen molar-refractivity contribution in [3.05, 3.63) is 23.7 Å². The molecule has 0 radical (unpaired) electrons. The van der Waals surface area contributed by atoms with Gasteiger partial charge in [0, 0.05) is 5.57 Å². The molecule has 23 heavy (non-hydrogen) atoms. The molecule has 1 heterocycles. The quantitative estimate of drug-likeness (QED) is 0.267. The van der Waals surface area contributed by atoms with Crippen molar-refractivity contribution in [2.75, 3.05) is 33.0 Å². The number of carbonyl (C=O) groups is 2. The van der Waals surface area contributed by atoms with Crippen molar-refractivity contribution < 1.29 is 43.9 Å². The molecule has 0 aliphatic carbocycles. The predicted molar refractivity (Wildman–Crippen MR) is 75.2 cm³/mol. The van der Waals surface area contributed by atoms with E-state index in [0.29, 0.717) is 0 Å². The molecule has 0 aromatic heterocycles. The molecule has 3 N–H and O–H groups in total. The number of aliphatic hydroxyl groups excluding tert-OH is 3. The number of carbonyl (C=O) groups excluding carboxylic acids is 2. The third kappa shape index (κ3) is 5.55. The van der Waals surface area contributed by atoms with Crippen molar-refractivity contribution >= 4 is 11.9 Å². The van der Waals surface area contributed by atoms with Crippen molar-refractivity contribution in [1.82, 2.24) is 0 Å². The number of cyclic esters (lactones) is 1. The lowest BCUT2D eigenvalue weighted by Gasteiger charge is -2.18. The minimum atomic E-state index is -1.40. The Labute approximate surface area is 132 Å². The Balaban J connectivity index is 2.27. The second-order valence-corrected chi connectivity index (χ2v) is 4.67. The Morgan fingerprint density at radius 2 is 2.00 bits per heavy atom. The van der Waals surface area contributed by atoms with E-state index in [2.05, 4.69) is 11.3 Å². The maximum absolute atomic E-state index is 11.2. The number of ether oxygens (including phenoxy) is 4. The molecule has 0 saturated heterocycles. The van der Waals surface area contributed by atoms with E-state index in [-0.39, 0.29) is 37.8 Å². The van der Waals surface area contributed by atoms with Crippen LogP contribution in [-0.4, -0.2) is 72.5 Å². The third-order valence-corrected chi connectivity index (χ3v) is 2.75. The van der Waals surface area contributed by atoms with E-state index in [1.807, 2.05) is 0 Å². The van der Waals surface area contributed by atoms with E-state index in [4.69, 9.17) is 19.3 Å². The smallest absolute Gasteiger partial charge is 0.378 e. The second kappa shape index (κ2) is 9.13. The number of esters is 2. The third-order valence-electron chi connectivity index (χ3n) is 2.75. The van der Waals surface area contributed by atoms with Gasteiger partial charge in [0.05, 0.1) is 19.8 Å². The summed E-state index contributed by atoms with van der Waals surface area (Å²) in [5.41, 5.74) is 0.287. The van der Waals surface area contributed by atoms with Gasteiger partial charge in [-0.15, -0.1) is 0 Å². The molecule has 0 spiro atoms. The number of aliphatic hydroxyl groups is 3. The van der Waals surface area contributed by atoms with E-state index in [0.717, 1.165) is 0 Å². The van der Waals surface area contributed by atoms with Gasteiger partial charge in [-0.25, -0.2) is 9.59 Å². The minimum absolute atomic E-state index is 0.0425. The number of rotatable bonds is 10. The van der Waals surface area contributed by atoms with E-state index in [9.17, 15) is 19.8 Å². The molecule has 1 aliphatic rings. The molecule has 1 aliphatic heterocycles. The second-order valence-electron chi connectivity index (χ2n) is 4.67. The molecule has 0 bridgehead atoms. The van der Waals surface area contributed by atoms with Crippen LogP contribution < -0.4 is 0 Å². The molecule has 0 amide bonds. The van der Waals surface area contributed by atoms with Gasteiger partial charge < -0.3 is 34.3 Å². The monoisotopic (exact) mass is 332 g/mol. The first-order valence-corrected chi connectivity index (χ1v) is 6.84. The fourth-order valence-corrected chi connectivity index (χ4v) is 1.59. The maximum Gasteiger partial charge on any atom is 0.378 e. The number of hydrogen-bond acceptors (Lipinski definition) is 9. The van der Waals surface area contributed by atoms with Gasteiger partial charge in [-0.05, 0) is 6.92 Å². The van der Waals surface area contributed by atoms with Crippen molar-refractivity contribution in [2.24, 2.45) is 0 Å². The standard InChI is InChI=1S/C14H20O9/c1-8(2)13(18)22-6-4-20-3-5-21-12-10(17)14(19)23-11(12)9(16)7-15/h9,11,15-17H,1,3-7H2,2H3/t9-,11+/m0/s1. The molecule has 130 valence electrons. The average Bonchev–Trinajstić information content (AvgIpc) is 2.80. The summed E-state index contributed by atoms with van der Waals surface area (Å²) in [5.74, 6) is -2.56. The van der Waals surface area contributed by atoms with Crippen LogP contribution in [0, 0.1) is 0 Å². The molecule has 0 aromatic carbocycles. The number of hydrogen-bond donors (Lipinski definition) is 3. The van der Waals surface area contributed by atoms with Crippen LogP contribution in [0.4, 0.5) is 0 Å².